The number of amides is 1. The molecule has 0 saturated heterocycles. The van der Waals surface area contributed by atoms with Crippen molar-refractivity contribution in [3.8, 4) is 11.6 Å². The second kappa shape index (κ2) is 10.9. The number of carbonyl (C=O) groups excluding carboxylic acids is 1. The zero-order valence-electron chi connectivity index (χ0n) is 19.0. The average molecular weight is 674 g/mol. The number of hydrogen-bond acceptors (Lipinski definition) is 7. The number of alkyl halides is 6. The van der Waals surface area contributed by atoms with E-state index in [0.717, 1.165) is 6.07 Å². The monoisotopic (exact) mass is 674 g/mol. The lowest BCUT2D eigenvalue weighted by molar-refractivity contribution is -0.256. The Hall–Kier alpha value is -3.61. The van der Waals surface area contributed by atoms with Crippen molar-refractivity contribution in [1.82, 2.24) is 15.2 Å². The number of carbonyl (C=O) groups is 2. The van der Waals surface area contributed by atoms with Crippen LogP contribution < -0.4 is 5.32 Å². The fourth-order valence-corrected chi connectivity index (χ4v) is 3.79. The number of carboxylic acid groups (broad SMARTS) is 1. The summed E-state index contributed by atoms with van der Waals surface area (Å²) in [5.41, 5.74) is -10.4. The van der Waals surface area contributed by atoms with Crippen LogP contribution in [0.5, 0.6) is 0 Å². The lowest BCUT2D eigenvalue weighted by atomic mass is 9.92. The molecule has 0 fully saturated rings. The molecule has 1 amide bonds. The van der Waals surface area contributed by atoms with Crippen LogP contribution in [0.15, 0.2) is 41.3 Å². The molecule has 3 aromatic rings. The summed E-state index contributed by atoms with van der Waals surface area (Å²) in [6.45, 7) is 3.35. The highest BCUT2D eigenvalue weighted by molar-refractivity contribution is 14.1. The number of rotatable bonds is 8. The lowest BCUT2D eigenvalue weighted by Crippen LogP contribution is -2.44. The highest BCUT2D eigenvalue weighted by Crippen LogP contribution is 2.46. The van der Waals surface area contributed by atoms with E-state index in [0.29, 0.717) is 12.1 Å². The van der Waals surface area contributed by atoms with E-state index < -0.39 is 82.1 Å². The second-order valence-electron chi connectivity index (χ2n) is 7.70. The van der Waals surface area contributed by atoms with Crippen molar-refractivity contribution < 1.29 is 55.0 Å². The Balaban J connectivity index is 2.29. The van der Waals surface area contributed by atoms with Crippen LogP contribution >= 0.6 is 22.6 Å². The first-order valence-electron chi connectivity index (χ1n) is 10.4. The minimum Gasteiger partial charge on any atom is -0.465 e. The standard InChI is InChI=1S/C22H14F7IN4O5/c1-2-3-4-14(35)15-11(21(24,25)26)8-13(31-19(36)37)16(32-15)17-33-34-18(39-17)20(38,22(27,28)29)10-7-9(30)5-6-12(10)23/h2,5-8,31,38H,1,3-4H2,(H,36,37). The summed E-state index contributed by atoms with van der Waals surface area (Å²) in [5, 5.41) is 27.7. The summed E-state index contributed by atoms with van der Waals surface area (Å²) in [6.07, 6.45) is -12.1. The van der Waals surface area contributed by atoms with E-state index in [1.54, 1.807) is 27.9 Å². The van der Waals surface area contributed by atoms with Crippen molar-refractivity contribution in [1.29, 1.82) is 0 Å². The van der Waals surface area contributed by atoms with E-state index in [4.69, 9.17) is 9.52 Å². The predicted octanol–water partition coefficient (Wildman–Crippen LogP) is 5.93. The first-order valence-corrected chi connectivity index (χ1v) is 11.4. The van der Waals surface area contributed by atoms with Gasteiger partial charge in [0.2, 0.25) is 0 Å². The van der Waals surface area contributed by atoms with Crippen molar-refractivity contribution in [3.63, 3.8) is 0 Å². The van der Waals surface area contributed by atoms with E-state index in [1.165, 1.54) is 6.08 Å². The molecule has 9 nitrogen and oxygen atoms in total. The number of benzene rings is 1. The highest BCUT2D eigenvalue weighted by Gasteiger charge is 2.61. The largest absolute Gasteiger partial charge is 0.465 e. The van der Waals surface area contributed by atoms with Crippen molar-refractivity contribution >= 4 is 40.2 Å². The van der Waals surface area contributed by atoms with Gasteiger partial charge in [-0.05, 0) is 53.3 Å². The molecular weight excluding hydrogens is 660 g/mol. The number of aliphatic hydroxyl groups is 1. The normalized spacial score (nSPS) is 13.6. The third-order valence-corrected chi connectivity index (χ3v) is 5.75. The molecule has 1 aromatic carbocycles. The Morgan fingerprint density at radius 1 is 1.10 bits per heavy atom. The molecule has 1 unspecified atom stereocenters. The summed E-state index contributed by atoms with van der Waals surface area (Å²) < 4.78 is 103. The van der Waals surface area contributed by atoms with Gasteiger partial charge in [0, 0.05) is 15.6 Å². The van der Waals surface area contributed by atoms with Crippen LogP contribution in [0.25, 0.3) is 11.6 Å². The zero-order chi connectivity index (χ0) is 29.3. The van der Waals surface area contributed by atoms with Gasteiger partial charge in [-0.15, -0.1) is 16.8 Å². The summed E-state index contributed by atoms with van der Waals surface area (Å²) in [7, 11) is 0. The number of ketones is 1. The van der Waals surface area contributed by atoms with Gasteiger partial charge < -0.3 is 14.6 Å². The Morgan fingerprint density at radius 2 is 1.77 bits per heavy atom. The molecule has 3 N–H and O–H groups in total. The number of halogens is 8. The van der Waals surface area contributed by atoms with Gasteiger partial charge in [0.15, 0.2) is 11.5 Å². The molecule has 208 valence electrons. The molecule has 0 radical (unpaired) electrons. The van der Waals surface area contributed by atoms with Crippen LogP contribution in [-0.4, -0.2) is 43.4 Å². The van der Waals surface area contributed by atoms with Crippen LogP contribution in [0.3, 0.4) is 0 Å². The fourth-order valence-electron chi connectivity index (χ4n) is 3.30. The Morgan fingerprint density at radius 3 is 2.33 bits per heavy atom. The molecule has 0 aliphatic carbocycles. The van der Waals surface area contributed by atoms with Crippen LogP contribution in [0.1, 0.15) is 40.3 Å². The number of anilines is 1. The molecule has 3 rings (SSSR count). The molecule has 17 heteroatoms. The van der Waals surface area contributed by atoms with Gasteiger partial charge in [0.25, 0.3) is 17.4 Å². The van der Waals surface area contributed by atoms with Crippen LogP contribution in [0.4, 0.5) is 41.2 Å². The van der Waals surface area contributed by atoms with E-state index in [1.807, 2.05) is 0 Å². The maximum Gasteiger partial charge on any atom is 0.430 e. The molecule has 1 atom stereocenters. The summed E-state index contributed by atoms with van der Waals surface area (Å²) in [6, 6.07) is 2.57. The summed E-state index contributed by atoms with van der Waals surface area (Å²) in [4.78, 5) is 27.2. The van der Waals surface area contributed by atoms with Crippen molar-refractivity contribution in [2.75, 3.05) is 5.32 Å². The predicted molar refractivity (Wildman–Crippen MR) is 126 cm³/mol. The number of allylic oxidation sites excluding steroid dienone is 1. The van der Waals surface area contributed by atoms with Crippen molar-refractivity contribution in [2.45, 2.75) is 30.8 Å². The van der Waals surface area contributed by atoms with Gasteiger partial charge in [-0.3, -0.25) is 10.1 Å². The molecule has 2 aromatic heterocycles. The maximum atomic E-state index is 14.4. The summed E-state index contributed by atoms with van der Waals surface area (Å²) >= 11 is 1.55. The zero-order valence-corrected chi connectivity index (χ0v) is 21.2. The van der Waals surface area contributed by atoms with Gasteiger partial charge >= 0.3 is 18.4 Å². The lowest BCUT2D eigenvalue weighted by Gasteiger charge is -2.27. The summed E-state index contributed by atoms with van der Waals surface area (Å²) in [5.74, 6) is -5.45. The van der Waals surface area contributed by atoms with Gasteiger partial charge in [-0.25, -0.2) is 14.2 Å². The highest BCUT2D eigenvalue weighted by atomic mass is 127. The molecule has 0 aliphatic heterocycles. The number of aromatic nitrogens is 3. The van der Waals surface area contributed by atoms with Gasteiger partial charge in [0.05, 0.1) is 11.3 Å². The first kappa shape index (κ1) is 29.9. The number of hydrogen-bond donors (Lipinski definition) is 3. The fraction of sp³-hybridized carbons (Fsp3) is 0.227. The SMILES string of the molecule is C=CCCC(=O)c1nc(-c2nnc(C(O)(c3cc(I)ccc3F)C(F)(F)F)o2)c(NC(=O)O)cc1C(F)(F)F. The van der Waals surface area contributed by atoms with Gasteiger partial charge in [0.1, 0.15) is 11.5 Å². The first-order chi connectivity index (χ1) is 18.0. The third kappa shape index (κ3) is 6.02. The quantitative estimate of drug-likeness (QED) is 0.116. The molecule has 39 heavy (non-hydrogen) atoms. The Bertz CT molecular complexity index is 1440. The molecule has 0 bridgehead atoms. The molecule has 0 aliphatic rings. The minimum atomic E-state index is -5.66. The van der Waals surface area contributed by atoms with E-state index in [-0.39, 0.29) is 16.1 Å². The number of pyridine rings is 1. The van der Waals surface area contributed by atoms with E-state index in [2.05, 4.69) is 21.8 Å². The Labute approximate surface area is 226 Å². The Kier molecular flexibility index (Phi) is 8.34. The van der Waals surface area contributed by atoms with Gasteiger partial charge in [-0.2, -0.15) is 26.3 Å². The molecule has 2 heterocycles. The molecular formula is C22H14F7IN4O5. The molecule has 0 saturated carbocycles. The van der Waals surface area contributed by atoms with E-state index >= 15 is 0 Å². The minimum absolute atomic E-state index is 0.0625. The third-order valence-electron chi connectivity index (χ3n) is 5.07. The molecule has 0 spiro atoms. The number of nitrogens with zero attached hydrogens (tertiary/aromatic N) is 3. The number of Topliss-reactive ketones (excluding diaryl/α,β-unsaturated/α-hetero) is 1. The second-order valence-corrected chi connectivity index (χ2v) is 8.95. The van der Waals surface area contributed by atoms with Crippen LogP contribution in [0.2, 0.25) is 0 Å². The smallest absolute Gasteiger partial charge is 0.430 e. The maximum absolute atomic E-state index is 14.4. The van der Waals surface area contributed by atoms with Crippen LogP contribution in [0, 0.1) is 9.39 Å². The average Bonchev–Trinajstić information content (AvgIpc) is 3.32. The number of nitrogens with one attached hydrogen (secondary N) is 1. The van der Waals surface area contributed by atoms with E-state index in [9.17, 15) is 45.4 Å². The topological polar surface area (TPSA) is 138 Å². The van der Waals surface area contributed by atoms with Gasteiger partial charge in [-0.1, -0.05) is 6.08 Å². The van der Waals surface area contributed by atoms with Crippen molar-refractivity contribution in [3.05, 3.63) is 69.0 Å². The van der Waals surface area contributed by atoms with Crippen molar-refractivity contribution in [2.24, 2.45) is 0 Å². The van der Waals surface area contributed by atoms with Crippen LogP contribution in [-0.2, 0) is 11.8 Å².